The van der Waals surface area contributed by atoms with Crippen molar-refractivity contribution in [2.24, 2.45) is 5.92 Å². The number of anilines is 1. The van der Waals surface area contributed by atoms with Gasteiger partial charge in [0.25, 0.3) is 0 Å². The van der Waals surface area contributed by atoms with Crippen LogP contribution in [-0.4, -0.2) is 45.4 Å². The Morgan fingerprint density at radius 1 is 1.10 bits per heavy atom. The zero-order valence-corrected chi connectivity index (χ0v) is 18.2. The Labute approximate surface area is 182 Å². The molecule has 0 saturated carbocycles. The lowest BCUT2D eigenvalue weighted by Crippen LogP contribution is -3.15. The molecule has 2 aromatic carbocycles. The second-order valence-corrected chi connectivity index (χ2v) is 8.69. The number of ether oxygens (including phenoxy) is 2. The van der Waals surface area contributed by atoms with Gasteiger partial charge in [-0.15, -0.1) is 0 Å². The van der Waals surface area contributed by atoms with Crippen molar-refractivity contribution in [3.63, 3.8) is 0 Å². The molecule has 2 aliphatic rings. The van der Waals surface area contributed by atoms with Gasteiger partial charge in [0.15, 0.2) is 11.5 Å². The van der Waals surface area contributed by atoms with Gasteiger partial charge in [0.05, 0.1) is 32.7 Å². The van der Waals surface area contributed by atoms with E-state index < -0.39 is 0 Å². The largest absolute Gasteiger partial charge is 0.454 e. The molecular formula is C24H31FN3O3+. The van der Waals surface area contributed by atoms with Crippen molar-refractivity contribution in [3.8, 4) is 11.5 Å². The van der Waals surface area contributed by atoms with Crippen LogP contribution >= 0.6 is 0 Å². The maximum absolute atomic E-state index is 13.3. The maximum atomic E-state index is 13.3. The van der Waals surface area contributed by atoms with Crippen LogP contribution < -0.4 is 24.6 Å². The number of carbonyl (C=O) groups is 1. The van der Waals surface area contributed by atoms with E-state index in [1.54, 1.807) is 0 Å². The molecule has 0 unspecified atom stereocenters. The second-order valence-electron chi connectivity index (χ2n) is 8.69. The number of nitrogens with zero attached hydrogens (tertiary/aromatic N) is 1. The molecule has 2 aromatic rings. The molecule has 0 aromatic heterocycles. The van der Waals surface area contributed by atoms with Gasteiger partial charge in [0.2, 0.25) is 12.7 Å². The lowest BCUT2D eigenvalue weighted by atomic mass is 10.0. The van der Waals surface area contributed by atoms with Crippen molar-refractivity contribution in [3.05, 3.63) is 53.8 Å². The molecule has 1 atom stereocenters. The Morgan fingerprint density at radius 2 is 1.81 bits per heavy atom. The Kier molecular flexibility index (Phi) is 6.61. The van der Waals surface area contributed by atoms with Crippen LogP contribution in [-0.2, 0) is 4.79 Å². The van der Waals surface area contributed by atoms with Crippen LogP contribution in [0, 0.1) is 11.7 Å². The average Bonchev–Trinajstić information content (AvgIpc) is 3.22. The zero-order valence-electron chi connectivity index (χ0n) is 18.2. The fourth-order valence-corrected chi connectivity index (χ4v) is 4.34. The number of benzene rings is 2. The molecule has 166 valence electrons. The molecule has 31 heavy (non-hydrogen) atoms. The summed E-state index contributed by atoms with van der Waals surface area (Å²) in [6, 6.07) is 12.9. The Hall–Kier alpha value is -2.80. The Morgan fingerprint density at radius 3 is 2.52 bits per heavy atom. The highest BCUT2D eigenvalue weighted by Gasteiger charge is 2.30. The van der Waals surface area contributed by atoms with E-state index in [0.29, 0.717) is 18.9 Å². The Bertz CT molecular complexity index is 895. The smallest absolute Gasteiger partial charge is 0.231 e. The van der Waals surface area contributed by atoms with Gasteiger partial charge in [-0.1, -0.05) is 13.8 Å². The minimum absolute atomic E-state index is 0.0880. The van der Waals surface area contributed by atoms with Gasteiger partial charge < -0.3 is 24.6 Å². The number of halogens is 1. The van der Waals surface area contributed by atoms with E-state index in [2.05, 4.69) is 30.1 Å². The SMILES string of the molecule is CC(C)CC(=O)NC[C@@H](c1ccc2c(c1)OCO2)[NH+]1CCN(c2ccc(F)cc2)CC1. The predicted molar refractivity (Wildman–Crippen MR) is 117 cm³/mol. The van der Waals surface area contributed by atoms with E-state index >= 15 is 0 Å². The van der Waals surface area contributed by atoms with Gasteiger partial charge in [-0.25, -0.2) is 4.39 Å². The summed E-state index contributed by atoms with van der Waals surface area (Å²) in [6.07, 6.45) is 0.529. The number of carbonyl (C=O) groups excluding carboxylic acids is 1. The third-order valence-electron chi connectivity index (χ3n) is 5.99. The number of amides is 1. The molecule has 6 nitrogen and oxygen atoms in total. The van der Waals surface area contributed by atoms with Crippen molar-refractivity contribution in [1.82, 2.24) is 5.32 Å². The average molecular weight is 429 g/mol. The van der Waals surface area contributed by atoms with Crippen molar-refractivity contribution < 1.29 is 23.6 Å². The fourth-order valence-electron chi connectivity index (χ4n) is 4.34. The molecule has 2 N–H and O–H groups in total. The molecule has 2 heterocycles. The fraction of sp³-hybridized carbons (Fsp3) is 0.458. The van der Waals surface area contributed by atoms with Crippen LogP contribution in [0.25, 0.3) is 0 Å². The second kappa shape index (κ2) is 9.56. The molecule has 7 heteroatoms. The number of nitrogens with one attached hydrogen (secondary N) is 2. The van der Waals surface area contributed by atoms with Crippen LogP contribution in [0.2, 0.25) is 0 Å². The molecule has 0 aliphatic carbocycles. The van der Waals surface area contributed by atoms with Crippen LogP contribution in [0.1, 0.15) is 31.9 Å². The summed E-state index contributed by atoms with van der Waals surface area (Å²) in [7, 11) is 0. The van der Waals surface area contributed by atoms with Gasteiger partial charge in [0.1, 0.15) is 11.9 Å². The summed E-state index contributed by atoms with van der Waals surface area (Å²) >= 11 is 0. The summed E-state index contributed by atoms with van der Waals surface area (Å²) in [5.74, 6) is 1.73. The topological polar surface area (TPSA) is 55.2 Å². The predicted octanol–water partition coefficient (Wildman–Crippen LogP) is 2.16. The van der Waals surface area contributed by atoms with E-state index in [1.165, 1.54) is 17.0 Å². The number of rotatable bonds is 7. The number of piperazine rings is 1. The van der Waals surface area contributed by atoms with Crippen LogP contribution in [0.5, 0.6) is 11.5 Å². The van der Waals surface area contributed by atoms with Crippen molar-refractivity contribution in [2.75, 3.05) is 44.4 Å². The van der Waals surface area contributed by atoms with Gasteiger partial charge in [-0.3, -0.25) is 4.79 Å². The minimum Gasteiger partial charge on any atom is -0.454 e. The molecule has 0 spiro atoms. The number of hydrogen-bond donors (Lipinski definition) is 2. The Balaban J connectivity index is 1.46. The number of hydrogen-bond acceptors (Lipinski definition) is 4. The third-order valence-corrected chi connectivity index (χ3v) is 5.99. The number of fused-ring (bicyclic) bond motifs is 1. The molecule has 0 bridgehead atoms. The zero-order chi connectivity index (χ0) is 21.8. The molecule has 0 radical (unpaired) electrons. The van der Waals surface area contributed by atoms with Crippen LogP contribution in [0.15, 0.2) is 42.5 Å². The first-order valence-electron chi connectivity index (χ1n) is 11.0. The molecule has 1 amide bonds. The van der Waals surface area contributed by atoms with E-state index in [1.807, 2.05) is 24.3 Å². The van der Waals surface area contributed by atoms with Crippen LogP contribution in [0.3, 0.4) is 0 Å². The first-order valence-corrected chi connectivity index (χ1v) is 11.0. The van der Waals surface area contributed by atoms with Crippen molar-refractivity contribution in [1.29, 1.82) is 0 Å². The summed E-state index contributed by atoms with van der Waals surface area (Å²) in [5.41, 5.74) is 2.18. The van der Waals surface area contributed by atoms with E-state index in [0.717, 1.165) is 48.9 Å². The lowest BCUT2D eigenvalue weighted by Gasteiger charge is -2.38. The van der Waals surface area contributed by atoms with Crippen LogP contribution in [0.4, 0.5) is 10.1 Å². The molecule has 1 fully saturated rings. The summed E-state index contributed by atoms with van der Waals surface area (Å²) in [4.78, 5) is 16.0. The van der Waals surface area contributed by atoms with E-state index in [9.17, 15) is 9.18 Å². The van der Waals surface area contributed by atoms with Gasteiger partial charge in [-0.05, 0) is 48.4 Å². The lowest BCUT2D eigenvalue weighted by molar-refractivity contribution is -0.931. The summed E-state index contributed by atoms with van der Waals surface area (Å²) < 4.78 is 24.3. The highest BCUT2D eigenvalue weighted by Crippen LogP contribution is 2.33. The normalized spacial score (nSPS) is 17.1. The quantitative estimate of drug-likeness (QED) is 0.710. The van der Waals surface area contributed by atoms with Crippen molar-refractivity contribution >= 4 is 11.6 Å². The van der Waals surface area contributed by atoms with Crippen molar-refractivity contribution in [2.45, 2.75) is 26.3 Å². The monoisotopic (exact) mass is 428 g/mol. The van der Waals surface area contributed by atoms with Gasteiger partial charge in [0, 0.05) is 17.7 Å². The molecule has 2 aliphatic heterocycles. The third kappa shape index (κ3) is 5.28. The maximum Gasteiger partial charge on any atom is 0.231 e. The summed E-state index contributed by atoms with van der Waals surface area (Å²) in [5, 5.41) is 3.14. The highest BCUT2D eigenvalue weighted by atomic mass is 19.1. The van der Waals surface area contributed by atoms with E-state index in [-0.39, 0.29) is 24.6 Å². The first-order chi connectivity index (χ1) is 15.0. The summed E-state index contributed by atoms with van der Waals surface area (Å²) in [6.45, 7) is 8.54. The first kappa shape index (κ1) is 21.4. The van der Waals surface area contributed by atoms with Gasteiger partial charge >= 0.3 is 0 Å². The highest BCUT2D eigenvalue weighted by molar-refractivity contribution is 5.76. The van der Waals surface area contributed by atoms with E-state index in [4.69, 9.17) is 9.47 Å². The molecule has 1 saturated heterocycles. The van der Waals surface area contributed by atoms with Gasteiger partial charge in [-0.2, -0.15) is 0 Å². The standard InChI is InChI=1S/C24H30FN3O3/c1-17(2)13-24(29)26-15-21(18-3-8-22-23(14-18)31-16-30-22)28-11-9-27(10-12-28)20-6-4-19(25)5-7-20/h3-8,14,17,21H,9-13,15-16H2,1-2H3,(H,26,29)/p+1/t21-/m0/s1. The molecular weight excluding hydrogens is 397 g/mol. The number of quaternary nitrogens is 1. The minimum atomic E-state index is -0.215. The molecule has 4 rings (SSSR count).